The van der Waals surface area contributed by atoms with Crippen molar-refractivity contribution in [3.8, 4) is 0 Å². The molecule has 0 aliphatic carbocycles. The maximum atomic E-state index is 13.0. The van der Waals surface area contributed by atoms with Gasteiger partial charge in [-0.2, -0.15) is 10.2 Å². The normalized spacial score (nSPS) is 13.1. The number of nitrogens with zero attached hydrogens (tertiary/aromatic N) is 2. The molecule has 2 rings (SSSR count). The van der Waals surface area contributed by atoms with Crippen molar-refractivity contribution in [1.29, 1.82) is 0 Å². The number of halogens is 2. The summed E-state index contributed by atoms with van der Waals surface area (Å²) in [6.45, 7) is 1.53. The zero-order valence-corrected chi connectivity index (χ0v) is 8.66. The first kappa shape index (κ1) is 10.3. The Bertz CT molecular complexity index is 516. The zero-order valence-electron chi connectivity index (χ0n) is 7.91. The first-order chi connectivity index (χ1) is 7.09. The van der Waals surface area contributed by atoms with Crippen molar-refractivity contribution in [2.75, 3.05) is 0 Å². The SMILES string of the molecule is C[C@H](O)c1nnc2ccc(F)cc2c1Cl. The number of aliphatic hydroxyl groups excluding tert-OH is 1. The van der Waals surface area contributed by atoms with E-state index >= 15 is 0 Å². The summed E-state index contributed by atoms with van der Waals surface area (Å²) < 4.78 is 13.0. The van der Waals surface area contributed by atoms with Crippen LogP contribution in [0.25, 0.3) is 10.9 Å². The van der Waals surface area contributed by atoms with Crippen LogP contribution in [-0.2, 0) is 0 Å². The van der Waals surface area contributed by atoms with Crippen LogP contribution >= 0.6 is 11.6 Å². The molecule has 0 unspecified atom stereocenters. The highest BCUT2D eigenvalue weighted by molar-refractivity contribution is 6.35. The quantitative estimate of drug-likeness (QED) is 0.813. The minimum Gasteiger partial charge on any atom is -0.387 e. The van der Waals surface area contributed by atoms with Crippen molar-refractivity contribution in [2.45, 2.75) is 13.0 Å². The molecule has 0 fully saturated rings. The zero-order chi connectivity index (χ0) is 11.0. The van der Waals surface area contributed by atoms with Crippen LogP contribution in [0.4, 0.5) is 4.39 Å². The molecule has 0 saturated heterocycles. The van der Waals surface area contributed by atoms with Crippen molar-refractivity contribution in [2.24, 2.45) is 0 Å². The number of hydrogen-bond acceptors (Lipinski definition) is 3. The van der Waals surface area contributed by atoms with Gasteiger partial charge >= 0.3 is 0 Å². The van der Waals surface area contributed by atoms with E-state index < -0.39 is 11.9 Å². The minimum absolute atomic E-state index is 0.245. The van der Waals surface area contributed by atoms with Gasteiger partial charge in [-0.1, -0.05) is 11.6 Å². The van der Waals surface area contributed by atoms with Gasteiger partial charge in [-0.25, -0.2) is 4.39 Å². The molecule has 0 aliphatic rings. The van der Waals surface area contributed by atoms with Crippen molar-refractivity contribution in [1.82, 2.24) is 10.2 Å². The lowest BCUT2D eigenvalue weighted by molar-refractivity contribution is 0.193. The van der Waals surface area contributed by atoms with Gasteiger partial charge in [0.2, 0.25) is 0 Å². The Hall–Kier alpha value is -1.26. The number of aromatic nitrogens is 2. The molecule has 1 atom stereocenters. The van der Waals surface area contributed by atoms with Gasteiger partial charge in [0, 0.05) is 5.39 Å². The van der Waals surface area contributed by atoms with Crippen LogP contribution in [0, 0.1) is 5.82 Å². The average molecular weight is 227 g/mol. The Labute approximate surface area is 90.5 Å². The van der Waals surface area contributed by atoms with Crippen LogP contribution in [0.2, 0.25) is 5.02 Å². The van der Waals surface area contributed by atoms with Crippen LogP contribution in [0.5, 0.6) is 0 Å². The van der Waals surface area contributed by atoms with Gasteiger partial charge in [0.1, 0.15) is 11.5 Å². The number of hydrogen-bond donors (Lipinski definition) is 1. The van der Waals surface area contributed by atoms with Gasteiger partial charge in [-0.15, -0.1) is 0 Å². The van der Waals surface area contributed by atoms with E-state index in [0.29, 0.717) is 10.9 Å². The Balaban J connectivity index is 2.77. The molecular formula is C10H8ClFN2O. The molecular weight excluding hydrogens is 219 g/mol. The summed E-state index contributed by atoms with van der Waals surface area (Å²) in [7, 11) is 0. The molecule has 1 N–H and O–H groups in total. The van der Waals surface area contributed by atoms with Crippen LogP contribution in [-0.4, -0.2) is 15.3 Å². The van der Waals surface area contributed by atoms with Gasteiger partial charge in [-0.05, 0) is 25.1 Å². The first-order valence-electron chi connectivity index (χ1n) is 4.39. The van der Waals surface area contributed by atoms with Crippen molar-refractivity contribution < 1.29 is 9.50 Å². The maximum Gasteiger partial charge on any atom is 0.124 e. The fraction of sp³-hybridized carbons (Fsp3) is 0.200. The topological polar surface area (TPSA) is 46.0 Å². The lowest BCUT2D eigenvalue weighted by Crippen LogP contribution is -2.00. The fourth-order valence-corrected chi connectivity index (χ4v) is 1.67. The van der Waals surface area contributed by atoms with E-state index in [9.17, 15) is 9.50 Å². The molecule has 0 bridgehead atoms. The molecule has 0 amide bonds. The van der Waals surface area contributed by atoms with Crippen molar-refractivity contribution in [3.63, 3.8) is 0 Å². The summed E-state index contributed by atoms with van der Waals surface area (Å²) in [6.07, 6.45) is -0.822. The van der Waals surface area contributed by atoms with E-state index in [0.717, 1.165) is 0 Å². The lowest BCUT2D eigenvalue weighted by atomic mass is 10.1. The highest BCUT2D eigenvalue weighted by atomic mass is 35.5. The summed E-state index contributed by atoms with van der Waals surface area (Å²) in [5, 5.41) is 17.7. The number of rotatable bonds is 1. The van der Waals surface area contributed by atoms with Gasteiger partial charge in [0.05, 0.1) is 16.6 Å². The second kappa shape index (κ2) is 3.72. The molecule has 1 aromatic carbocycles. The van der Waals surface area contributed by atoms with Crippen LogP contribution in [0.15, 0.2) is 18.2 Å². The van der Waals surface area contributed by atoms with Gasteiger partial charge in [0.15, 0.2) is 0 Å². The summed E-state index contributed by atoms with van der Waals surface area (Å²) in [6, 6.07) is 4.06. The lowest BCUT2D eigenvalue weighted by Gasteiger charge is -2.07. The summed E-state index contributed by atoms with van der Waals surface area (Å²) >= 11 is 5.98. The van der Waals surface area contributed by atoms with E-state index in [1.54, 1.807) is 0 Å². The third-order valence-corrected chi connectivity index (χ3v) is 2.48. The Morgan fingerprint density at radius 1 is 1.40 bits per heavy atom. The van der Waals surface area contributed by atoms with E-state index in [4.69, 9.17) is 11.6 Å². The second-order valence-corrected chi connectivity index (χ2v) is 3.61. The van der Waals surface area contributed by atoms with E-state index in [-0.39, 0.29) is 10.7 Å². The Morgan fingerprint density at radius 3 is 2.80 bits per heavy atom. The van der Waals surface area contributed by atoms with Crippen molar-refractivity contribution in [3.05, 3.63) is 34.7 Å². The Kier molecular flexibility index (Phi) is 2.54. The minimum atomic E-state index is -0.822. The largest absolute Gasteiger partial charge is 0.387 e. The highest BCUT2D eigenvalue weighted by Crippen LogP contribution is 2.28. The molecule has 15 heavy (non-hydrogen) atoms. The summed E-state index contributed by atoms with van der Waals surface area (Å²) in [5.74, 6) is -0.394. The predicted molar refractivity (Wildman–Crippen MR) is 55.1 cm³/mol. The number of aliphatic hydroxyl groups is 1. The fourth-order valence-electron chi connectivity index (χ4n) is 1.33. The molecule has 0 spiro atoms. The molecule has 0 saturated carbocycles. The van der Waals surface area contributed by atoms with Crippen LogP contribution in [0.1, 0.15) is 18.7 Å². The van der Waals surface area contributed by atoms with Gasteiger partial charge in [0.25, 0.3) is 0 Å². The predicted octanol–water partition coefficient (Wildman–Crippen LogP) is 2.48. The molecule has 0 aliphatic heterocycles. The first-order valence-corrected chi connectivity index (χ1v) is 4.77. The van der Waals surface area contributed by atoms with Crippen molar-refractivity contribution >= 4 is 22.5 Å². The average Bonchev–Trinajstić information content (AvgIpc) is 2.19. The summed E-state index contributed by atoms with van der Waals surface area (Å²) in [4.78, 5) is 0. The molecule has 3 nitrogen and oxygen atoms in total. The van der Waals surface area contributed by atoms with E-state index in [1.165, 1.54) is 25.1 Å². The molecule has 0 radical (unpaired) electrons. The third-order valence-electron chi connectivity index (χ3n) is 2.08. The van der Waals surface area contributed by atoms with Crippen LogP contribution in [0.3, 0.4) is 0 Å². The number of benzene rings is 1. The standard InChI is InChI=1S/C10H8ClFN2O/c1-5(15)10-9(11)7-4-6(12)2-3-8(7)13-14-10/h2-5,15H,1H3/t5-/m0/s1. The third kappa shape index (κ3) is 1.78. The van der Waals surface area contributed by atoms with Gasteiger partial charge < -0.3 is 5.11 Å². The monoisotopic (exact) mass is 226 g/mol. The molecule has 78 valence electrons. The molecule has 1 aromatic heterocycles. The molecule has 5 heteroatoms. The summed E-state index contributed by atoms with van der Waals surface area (Å²) in [5.41, 5.74) is 0.764. The molecule has 1 heterocycles. The highest BCUT2D eigenvalue weighted by Gasteiger charge is 2.13. The number of fused-ring (bicyclic) bond motifs is 1. The van der Waals surface area contributed by atoms with Crippen LogP contribution < -0.4 is 0 Å². The smallest absolute Gasteiger partial charge is 0.124 e. The Morgan fingerprint density at radius 2 is 2.13 bits per heavy atom. The maximum absolute atomic E-state index is 13.0. The van der Waals surface area contributed by atoms with Gasteiger partial charge in [-0.3, -0.25) is 0 Å². The second-order valence-electron chi connectivity index (χ2n) is 3.24. The van der Waals surface area contributed by atoms with E-state index in [2.05, 4.69) is 10.2 Å². The molecule has 2 aromatic rings. The van der Waals surface area contributed by atoms with E-state index in [1.807, 2.05) is 0 Å².